The van der Waals surface area contributed by atoms with Gasteiger partial charge in [-0.25, -0.2) is 4.79 Å². The molecule has 2 rings (SSSR count). The van der Waals surface area contributed by atoms with Gasteiger partial charge in [-0.3, -0.25) is 14.9 Å². The maximum atomic E-state index is 11.7. The van der Waals surface area contributed by atoms with Gasteiger partial charge in [-0.15, -0.1) is 0 Å². The lowest BCUT2D eigenvalue weighted by Gasteiger charge is -2.14. The molecule has 0 aromatic heterocycles. The molecule has 0 saturated heterocycles. The average Bonchev–Trinajstić information content (AvgIpc) is 2.55. The molecule has 1 aliphatic heterocycles. The van der Waals surface area contributed by atoms with Gasteiger partial charge in [0.1, 0.15) is 19.5 Å². The van der Waals surface area contributed by atoms with E-state index in [4.69, 9.17) is 25.8 Å². The second kappa shape index (κ2) is 7.45. The van der Waals surface area contributed by atoms with Crippen molar-refractivity contribution in [2.45, 2.75) is 0 Å². The molecular formula is C13H11ClN2O7. The van der Waals surface area contributed by atoms with E-state index < -0.39 is 23.4 Å². The summed E-state index contributed by atoms with van der Waals surface area (Å²) in [6.45, 7) is -0.0334. The van der Waals surface area contributed by atoms with Crippen LogP contribution in [0, 0.1) is 10.1 Å². The van der Waals surface area contributed by atoms with Crippen LogP contribution in [0.3, 0.4) is 0 Å². The minimum absolute atomic E-state index is 0.00870. The van der Waals surface area contributed by atoms with Crippen molar-refractivity contribution in [3.8, 4) is 0 Å². The molecule has 0 unspecified atom stereocenters. The van der Waals surface area contributed by atoms with Crippen LogP contribution in [0.1, 0.15) is 0 Å². The van der Waals surface area contributed by atoms with Gasteiger partial charge in [-0.1, -0.05) is 11.6 Å². The largest absolute Gasteiger partial charge is 0.493 e. The van der Waals surface area contributed by atoms with E-state index >= 15 is 0 Å². The number of non-ortho nitro benzene ring substituents is 1. The first-order chi connectivity index (χ1) is 11.0. The summed E-state index contributed by atoms with van der Waals surface area (Å²) in [5.41, 5.74) is -0.0457. The number of carbonyl (C=O) groups excluding carboxylic acids is 2. The average molecular weight is 343 g/mol. The third-order valence-electron chi connectivity index (χ3n) is 2.62. The molecule has 0 fully saturated rings. The van der Waals surface area contributed by atoms with Gasteiger partial charge in [0.05, 0.1) is 15.6 Å². The third-order valence-corrected chi connectivity index (χ3v) is 2.93. The molecule has 0 aliphatic carbocycles. The van der Waals surface area contributed by atoms with Gasteiger partial charge < -0.3 is 19.5 Å². The van der Waals surface area contributed by atoms with Crippen LogP contribution in [-0.4, -0.2) is 36.6 Å². The Bertz CT molecular complexity index is 674. The number of nitro benzene ring substituents is 1. The first-order valence-corrected chi connectivity index (χ1v) is 6.70. The number of rotatable bonds is 5. The fourth-order valence-corrected chi connectivity index (χ4v) is 1.80. The molecule has 10 heteroatoms. The van der Waals surface area contributed by atoms with Crippen molar-refractivity contribution in [3.05, 3.63) is 45.4 Å². The van der Waals surface area contributed by atoms with E-state index in [1.807, 2.05) is 0 Å². The first kappa shape index (κ1) is 16.6. The van der Waals surface area contributed by atoms with Crippen LogP contribution in [0.5, 0.6) is 0 Å². The Labute approximate surface area is 134 Å². The zero-order chi connectivity index (χ0) is 16.8. The number of amides is 1. The molecular weight excluding hydrogens is 332 g/mol. The Morgan fingerprint density at radius 3 is 2.78 bits per heavy atom. The highest BCUT2D eigenvalue weighted by Crippen LogP contribution is 2.26. The number of nitrogens with one attached hydrogen (secondary N) is 1. The lowest BCUT2D eigenvalue weighted by molar-refractivity contribution is -0.384. The van der Waals surface area contributed by atoms with Crippen LogP contribution in [0.4, 0.5) is 11.4 Å². The SMILES string of the molecule is O=C(COC(=O)C1=COCCO1)Nc1ccc([N+](=O)[O-])cc1Cl. The number of nitro groups is 1. The summed E-state index contributed by atoms with van der Waals surface area (Å²) < 4.78 is 14.6. The number of carbonyl (C=O) groups is 2. The minimum atomic E-state index is -0.838. The summed E-state index contributed by atoms with van der Waals surface area (Å²) in [7, 11) is 0. The molecule has 0 spiro atoms. The molecule has 1 aromatic rings. The van der Waals surface area contributed by atoms with Gasteiger partial charge in [0, 0.05) is 12.1 Å². The van der Waals surface area contributed by atoms with Gasteiger partial charge in [-0.05, 0) is 6.07 Å². The molecule has 1 amide bonds. The molecule has 0 saturated carbocycles. The second-order valence-corrected chi connectivity index (χ2v) is 4.65. The van der Waals surface area contributed by atoms with Crippen molar-refractivity contribution in [3.63, 3.8) is 0 Å². The summed E-state index contributed by atoms with van der Waals surface area (Å²) in [5.74, 6) is -1.63. The zero-order valence-corrected chi connectivity index (χ0v) is 12.4. The number of benzene rings is 1. The van der Waals surface area contributed by atoms with Gasteiger partial charge in [-0.2, -0.15) is 0 Å². The monoisotopic (exact) mass is 342 g/mol. The Kier molecular flexibility index (Phi) is 5.36. The number of hydrogen-bond acceptors (Lipinski definition) is 7. The summed E-state index contributed by atoms with van der Waals surface area (Å²) in [5, 5.41) is 13.0. The van der Waals surface area contributed by atoms with E-state index in [9.17, 15) is 19.7 Å². The normalized spacial score (nSPS) is 13.2. The maximum Gasteiger partial charge on any atom is 0.377 e. The molecule has 1 aliphatic rings. The van der Waals surface area contributed by atoms with Crippen LogP contribution in [-0.2, 0) is 23.8 Å². The minimum Gasteiger partial charge on any atom is -0.493 e. The highest BCUT2D eigenvalue weighted by atomic mass is 35.5. The summed E-state index contributed by atoms with van der Waals surface area (Å²) in [6.07, 6.45) is 1.11. The Morgan fingerprint density at radius 1 is 1.39 bits per heavy atom. The predicted octanol–water partition coefficient (Wildman–Crippen LogP) is 1.62. The van der Waals surface area contributed by atoms with Crippen LogP contribution >= 0.6 is 11.6 Å². The fourth-order valence-electron chi connectivity index (χ4n) is 1.58. The van der Waals surface area contributed by atoms with Crippen molar-refractivity contribution in [2.24, 2.45) is 0 Å². The zero-order valence-electron chi connectivity index (χ0n) is 11.6. The van der Waals surface area contributed by atoms with E-state index in [-0.39, 0.29) is 28.8 Å². The number of halogens is 1. The van der Waals surface area contributed by atoms with Crippen molar-refractivity contribution in [1.82, 2.24) is 0 Å². The molecule has 1 N–H and O–H groups in total. The smallest absolute Gasteiger partial charge is 0.377 e. The molecule has 0 atom stereocenters. The number of esters is 1. The molecule has 0 bridgehead atoms. The number of anilines is 1. The summed E-state index contributed by atoms with van der Waals surface area (Å²) in [4.78, 5) is 33.2. The van der Waals surface area contributed by atoms with Crippen LogP contribution in [0.25, 0.3) is 0 Å². The van der Waals surface area contributed by atoms with Gasteiger partial charge in [0.15, 0.2) is 6.61 Å². The molecule has 9 nitrogen and oxygen atoms in total. The Hall–Kier alpha value is -2.81. The Balaban J connectivity index is 1.88. The highest BCUT2D eigenvalue weighted by Gasteiger charge is 2.18. The van der Waals surface area contributed by atoms with Gasteiger partial charge >= 0.3 is 5.97 Å². The van der Waals surface area contributed by atoms with E-state index in [2.05, 4.69) is 5.32 Å². The van der Waals surface area contributed by atoms with E-state index in [0.29, 0.717) is 6.61 Å². The van der Waals surface area contributed by atoms with E-state index in [1.54, 1.807) is 0 Å². The maximum absolute atomic E-state index is 11.7. The second-order valence-electron chi connectivity index (χ2n) is 4.25. The predicted molar refractivity (Wildman–Crippen MR) is 77.7 cm³/mol. The van der Waals surface area contributed by atoms with Crippen molar-refractivity contribution in [1.29, 1.82) is 0 Å². The van der Waals surface area contributed by atoms with E-state index in [1.165, 1.54) is 12.1 Å². The number of nitrogens with zero attached hydrogens (tertiary/aromatic N) is 1. The third kappa shape index (κ3) is 4.58. The van der Waals surface area contributed by atoms with Crippen LogP contribution < -0.4 is 5.32 Å². The molecule has 23 heavy (non-hydrogen) atoms. The quantitative estimate of drug-likeness (QED) is 0.490. The van der Waals surface area contributed by atoms with E-state index in [0.717, 1.165) is 12.3 Å². The van der Waals surface area contributed by atoms with Crippen LogP contribution in [0.15, 0.2) is 30.2 Å². The van der Waals surface area contributed by atoms with Crippen LogP contribution in [0.2, 0.25) is 5.02 Å². The topological polar surface area (TPSA) is 117 Å². The number of hydrogen-bond donors (Lipinski definition) is 1. The fraction of sp³-hybridized carbons (Fsp3) is 0.231. The van der Waals surface area contributed by atoms with Gasteiger partial charge in [0.25, 0.3) is 11.6 Å². The molecule has 1 heterocycles. The van der Waals surface area contributed by atoms with Crippen molar-refractivity contribution in [2.75, 3.05) is 25.1 Å². The van der Waals surface area contributed by atoms with Crippen molar-refractivity contribution < 1.29 is 28.7 Å². The number of ether oxygens (including phenoxy) is 3. The highest BCUT2D eigenvalue weighted by molar-refractivity contribution is 6.34. The molecule has 1 aromatic carbocycles. The molecule has 122 valence electrons. The first-order valence-electron chi connectivity index (χ1n) is 6.33. The summed E-state index contributed by atoms with van der Waals surface area (Å²) >= 11 is 5.83. The van der Waals surface area contributed by atoms with Crippen molar-refractivity contribution >= 4 is 34.9 Å². The van der Waals surface area contributed by atoms with Gasteiger partial charge in [0.2, 0.25) is 5.76 Å². The lowest BCUT2D eigenvalue weighted by Crippen LogP contribution is -2.23. The molecule has 0 radical (unpaired) electrons. The standard InChI is InChI=1S/C13H11ClN2O7/c14-9-5-8(16(19)20)1-2-10(9)15-12(17)7-23-13(18)11-6-21-3-4-22-11/h1-2,5-6H,3-4,7H2,(H,15,17). The Morgan fingerprint density at radius 2 is 2.17 bits per heavy atom. The lowest BCUT2D eigenvalue weighted by atomic mass is 10.3. The summed E-state index contributed by atoms with van der Waals surface area (Å²) in [6, 6.07) is 3.56.